The Morgan fingerprint density at radius 1 is 1.11 bits per heavy atom. The van der Waals surface area contributed by atoms with Gasteiger partial charge in [0.15, 0.2) is 0 Å². The molecule has 1 aromatic rings. The van der Waals surface area contributed by atoms with Crippen molar-refractivity contribution in [2.75, 3.05) is 6.54 Å². The number of benzene rings is 1. The lowest BCUT2D eigenvalue weighted by Gasteiger charge is -2.41. The van der Waals surface area contributed by atoms with Gasteiger partial charge < -0.3 is 10.2 Å². The highest BCUT2D eigenvalue weighted by atomic mass is 32.1. The predicted octanol–water partition coefficient (Wildman–Crippen LogP) is 4.10. The second-order valence-electron chi connectivity index (χ2n) is 8.18. The molecule has 0 bridgehead atoms. The molecule has 0 radical (unpaired) electrons. The lowest BCUT2D eigenvalue weighted by Crippen LogP contribution is -2.62. The minimum absolute atomic E-state index is 0. The zero-order valence-electron chi connectivity index (χ0n) is 17.7. The average Bonchev–Trinajstić information content (AvgIpc) is 2.56. The normalized spacial score (nSPS) is 19.8. The van der Waals surface area contributed by atoms with Crippen LogP contribution in [0.25, 0.3) is 6.08 Å². The maximum Gasteiger partial charge on any atom is 0.250 e. The molecule has 4 nitrogen and oxygen atoms in total. The number of carbonyl (C=O) groups is 2. The molecule has 1 N–H and O–H groups in total. The fourth-order valence-corrected chi connectivity index (χ4v) is 3.54. The van der Waals surface area contributed by atoms with Gasteiger partial charge in [-0.05, 0) is 43.2 Å². The number of hydrogen-bond acceptors (Lipinski definition) is 2. The van der Waals surface area contributed by atoms with E-state index in [0.717, 1.165) is 12.0 Å². The molecule has 6 heteroatoms. The summed E-state index contributed by atoms with van der Waals surface area (Å²) in [6.45, 7) is 10.9. The van der Waals surface area contributed by atoms with Crippen LogP contribution >= 0.6 is 27.0 Å². The molecule has 0 saturated carbocycles. The van der Waals surface area contributed by atoms with E-state index in [1.165, 1.54) is 0 Å². The molecule has 2 rings (SSSR count). The third kappa shape index (κ3) is 7.55. The van der Waals surface area contributed by atoms with E-state index in [1.807, 2.05) is 43.3 Å². The van der Waals surface area contributed by atoms with Crippen molar-refractivity contribution in [3.05, 3.63) is 41.5 Å². The van der Waals surface area contributed by atoms with Gasteiger partial charge in [0.2, 0.25) is 11.8 Å². The fourth-order valence-electron chi connectivity index (χ4n) is 3.54. The Morgan fingerprint density at radius 2 is 1.68 bits per heavy atom. The molecular weight excluding hydrogens is 388 g/mol. The largest absolute Gasteiger partial charge is 0.350 e. The molecule has 0 aliphatic carbocycles. The van der Waals surface area contributed by atoms with E-state index in [-0.39, 0.29) is 50.9 Å². The Hall–Kier alpha value is -1.40. The minimum Gasteiger partial charge on any atom is -0.350 e. The molecule has 1 aliphatic rings. The van der Waals surface area contributed by atoms with Crippen LogP contribution in [0.5, 0.6) is 0 Å². The summed E-state index contributed by atoms with van der Waals surface area (Å²) in [5.41, 5.74) is 1.67. The lowest BCUT2D eigenvalue weighted by atomic mass is 9.94. The van der Waals surface area contributed by atoms with Gasteiger partial charge in [-0.2, -0.15) is 27.0 Å². The van der Waals surface area contributed by atoms with Gasteiger partial charge in [-0.1, -0.05) is 58.0 Å². The first-order valence-corrected chi connectivity index (χ1v) is 9.62. The van der Waals surface area contributed by atoms with E-state index in [1.54, 1.807) is 4.90 Å². The first-order valence-electron chi connectivity index (χ1n) is 9.62. The van der Waals surface area contributed by atoms with Crippen LogP contribution in [-0.2, 0) is 9.59 Å². The van der Waals surface area contributed by atoms with Crippen molar-refractivity contribution < 1.29 is 9.59 Å². The van der Waals surface area contributed by atoms with E-state index in [4.69, 9.17) is 0 Å². The van der Waals surface area contributed by atoms with E-state index < -0.39 is 0 Å². The van der Waals surface area contributed by atoms with Crippen molar-refractivity contribution in [2.45, 2.75) is 59.5 Å². The highest BCUT2D eigenvalue weighted by molar-refractivity contribution is 7.59. The number of amides is 2. The Kier molecular flexibility index (Phi) is 11.6. The van der Waals surface area contributed by atoms with E-state index in [9.17, 15) is 9.59 Å². The molecule has 158 valence electrons. The molecule has 1 saturated heterocycles. The summed E-state index contributed by atoms with van der Waals surface area (Å²) in [4.78, 5) is 27.6. The number of nitrogens with zero attached hydrogens (tertiary/aromatic N) is 1. The molecule has 1 aliphatic heterocycles. The van der Waals surface area contributed by atoms with Gasteiger partial charge in [0.05, 0.1) is 0 Å². The van der Waals surface area contributed by atoms with E-state index >= 15 is 0 Å². The smallest absolute Gasteiger partial charge is 0.250 e. The van der Waals surface area contributed by atoms with Crippen LogP contribution in [0.2, 0.25) is 0 Å². The summed E-state index contributed by atoms with van der Waals surface area (Å²) in [5, 5.41) is 3.12. The van der Waals surface area contributed by atoms with Crippen LogP contribution in [0.3, 0.4) is 0 Å². The Bertz CT molecular complexity index is 660. The van der Waals surface area contributed by atoms with Crippen LogP contribution in [0.1, 0.15) is 53.0 Å². The van der Waals surface area contributed by atoms with Crippen molar-refractivity contribution in [2.24, 2.45) is 11.8 Å². The van der Waals surface area contributed by atoms with Crippen molar-refractivity contribution in [1.82, 2.24) is 10.2 Å². The van der Waals surface area contributed by atoms with Crippen LogP contribution in [-0.4, -0.2) is 35.3 Å². The minimum atomic E-state index is -0.384. The Morgan fingerprint density at radius 3 is 2.21 bits per heavy atom. The summed E-state index contributed by atoms with van der Waals surface area (Å²) in [5.74, 6) is 0.764. The highest BCUT2D eigenvalue weighted by Gasteiger charge is 2.37. The molecule has 0 spiro atoms. The standard InChI is InChI=1S/C22H32N2O2.2H2S/c1-15(2)11-19-14-24(20(12-16(3)4)21(25)23-19)22(26)17(5)13-18-9-7-6-8-10-18;;/h6-10,13,15-16,19-20H,11-12,14H2,1-5H3,(H,23,25);2*1H2/b17-13+;;/t19-,20-;;/m0../s1. The first-order chi connectivity index (χ1) is 12.3. The van der Waals surface area contributed by atoms with Crippen molar-refractivity contribution in [3.63, 3.8) is 0 Å². The Balaban J connectivity index is 0.00000364. The molecule has 1 heterocycles. The third-order valence-electron chi connectivity index (χ3n) is 4.67. The molecule has 0 aromatic heterocycles. The summed E-state index contributed by atoms with van der Waals surface area (Å²) in [6.07, 6.45) is 3.47. The van der Waals surface area contributed by atoms with Crippen LogP contribution in [0.15, 0.2) is 35.9 Å². The maximum atomic E-state index is 13.1. The van der Waals surface area contributed by atoms with Crippen molar-refractivity contribution in [1.29, 1.82) is 0 Å². The monoisotopic (exact) mass is 424 g/mol. The zero-order chi connectivity index (χ0) is 19.3. The summed E-state index contributed by atoms with van der Waals surface area (Å²) in [6, 6.07) is 9.47. The summed E-state index contributed by atoms with van der Waals surface area (Å²) < 4.78 is 0. The van der Waals surface area contributed by atoms with Gasteiger partial charge in [-0.25, -0.2) is 0 Å². The number of hydrogen-bond donors (Lipinski definition) is 1. The van der Waals surface area contributed by atoms with E-state index in [0.29, 0.717) is 30.4 Å². The van der Waals surface area contributed by atoms with Crippen LogP contribution in [0.4, 0.5) is 0 Å². The van der Waals surface area contributed by atoms with E-state index in [2.05, 4.69) is 33.0 Å². The highest BCUT2D eigenvalue weighted by Crippen LogP contribution is 2.22. The molecule has 2 amide bonds. The SMILES string of the molecule is C/C(=C\c1ccccc1)C(=O)N1C[C@H](CC(C)C)NC(=O)[C@@H]1CC(C)C.S.S. The quantitative estimate of drug-likeness (QED) is 0.699. The van der Waals surface area contributed by atoms with Crippen LogP contribution < -0.4 is 5.32 Å². The predicted molar refractivity (Wildman–Crippen MR) is 127 cm³/mol. The summed E-state index contributed by atoms with van der Waals surface area (Å²) in [7, 11) is 0. The zero-order valence-corrected chi connectivity index (χ0v) is 19.7. The molecule has 2 atom stereocenters. The average molecular weight is 425 g/mol. The van der Waals surface area contributed by atoms with Gasteiger partial charge in [0.1, 0.15) is 6.04 Å². The third-order valence-corrected chi connectivity index (χ3v) is 4.67. The maximum absolute atomic E-state index is 13.1. The second kappa shape index (κ2) is 12.2. The first kappa shape index (κ1) is 26.6. The van der Waals surface area contributed by atoms with Crippen LogP contribution in [0, 0.1) is 11.8 Å². The van der Waals surface area contributed by atoms with Gasteiger partial charge in [0, 0.05) is 18.2 Å². The van der Waals surface area contributed by atoms with Gasteiger partial charge in [-0.15, -0.1) is 0 Å². The summed E-state index contributed by atoms with van der Waals surface area (Å²) >= 11 is 0. The molecule has 1 fully saturated rings. The van der Waals surface area contributed by atoms with Gasteiger partial charge >= 0.3 is 0 Å². The molecule has 1 aromatic carbocycles. The van der Waals surface area contributed by atoms with Gasteiger partial charge in [0.25, 0.3) is 0 Å². The molecular formula is C22H36N2O2S2. The number of rotatable bonds is 6. The lowest BCUT2D eigenvalue weighted by molar-refractivity contribution is -0.143. The van der Waals surface area contributed by atoms with Crippen molar-refractivity contribution >= 4 is 44.9 Å². The number of piperazine rings is 1. The van der Waals surface area contributed by atoms with Gasteiger partial charge in [-0.3, -0.25) is 9.59 Å². The fraction of sp³-hybridized carbons (Fsp3) is 0.545. The number of nitrogens with one attached hydrogen (secondary N) is 1. The second-order valence-corrected chi connectivity index (χ2v) is 8.18. The number of carbonyl (C=O) groups excluding carboxylic acids is 2. The molecule has 28 heavy (non-hydrogen) atoms. The van der Waals surface area contributed by atoms with Crippen molar-refractivity contribution in [3.8, 4) is 0 Å². The molecule has 0 unspecified atom stereocenters. The topological polar surface area (TPSA) is 49.4 Å². The Labute approximate surface area is 184 Å².